The molecule has 2 rings (SSSR count). The van der Waals surface area contributed by atoms with E-state index in [0.29, 0.717) is 6.42 Å². The average molecular weight is 298 g/mol. The monoisotopic (exact) mass is 298 g/mol. The number of aromatic nitrogens is 2. The zero-order valence-electron chi connectivity index (χ0n) is 10.9. The third kappa shape index (κ3) is 3.34. The third-order valence-electron chi connectivity index (χ3n) is 2.71. The molecule has 3 N–H and O–H groups in total. The van der Waals surface area contributed by atoms with Crippen molar-refractivity contribution < 1.29 is 12.8 Å². The molecule has 0 spiro atoms. The van der Waals surface area contributed by atoms with E-state index in [1.54, 1.807) is 24.1 Å². The quantitative estimate of drug-likeness (QED) is 0.794. The summed E-state index contributed by atoms with van der Waals surface area (Å²) in [5.41, 5.74) is 6.46. The van der Waals surface area contributed by atoms with Crippen LogP contribution in [-0.2, 0) is 23.5 Å². The highest BCUT2D eigenvalue weighted by Crippen LogP contribution is 2.16. The Labute approximate surface area is 116 Å². The Morgan fingerprint density at radius 2 is 2.20 bits per heavy atom. The molecule has 0 aliphatic carbocycles. The number of nitrogen functional groups attached to an aromatic ring is 1. The molecule has 0 fully saturated rings. The number of sulfonamides is 1. The Kier molecular flexibility index (Phi) is 4.05. The molecule has 0 atom stereocenters. The lowest BCUT2D eigenvalue weighted by atomic mass is 10.3. The lowest BCUT2D eigenvalue weighted by Gasteiger charge is -2.07. The molecule has 1 aromatic heterocycles. The van der Waals surface area contributed by atoms with Crippen LogP contribution in [0.25, 0.3) is 0 Å². The van der Waals surface area contributed by atoms with Crippen LogP contribution in [-0.4, -0.2) is 24.7 Å². The normalized spacial score (nSPS) is 11.7. The predicted octanol–water partition coefficient (Wildman–Crippen LogP) is 0.662. The van der Waals surface area contributed by atoms with Gasteiger partial charge in [-0.15, -0.1) is 0 Å². The Morgan fingerprint density at radius 1 is 1.45 bits per heavy atom. The topological polar surface area (TPSA) is 90.0 Å². The molecule has 2 aromatic rings. The number of anilines is 1. The van der Waals surface area contributed by atoms with Gasteiger partial charge in [-0.25, -0.2) is 17.5 Å². The summed E-state index contributed by atoms with van der Waals surface area (Å²) in [6.07, 6.45) is 3.92. The maximum absolute atomic E-state index is 13.6. The van der Waals surface area contributed by atoms with Gasteiger partial charge in [0.25, 0.3) is 0 Å². The van der Waals surface area contributed by atoms with Crippen LogP contribution in [0.1, 0.15) is 5.56 Å². The first-order chi connectivity index (χ1) is 9.38. The molecule has 0 radical (unpaired) electrons. The van der Waals surface area contributed by atoms with E-state index in [1.165, 1.54) is 6.07 Å². The summed E-state index contributed by atoms with van der Waals surface area (Å²) in [6, 6.07) is 3.48. The van der Waals surface area contributed by atoms with E-state index in [1.807, 2.05) is 0 Å². The highest BCUT2D eigenvalue weighted by atomic mass is 32.2. The second-order valence-corrected chi connectivity index (χ2v) is 6.10. The zero-order valence-corrected chi connectivity index (χ0v) is 11.7. The first-order valence-corrected chi connectivity index (χ1v) is 7.39. The molecular formula is C12H15FN4O2S. The van der Waals surface area contributed by atoms with Gasteiger partial charge in [-0.2, -0.15) is 5.10 Å². The van der Waals surface area contributed by atoms with Crippen molar-refractivity contribution in [2.24, 2.45) is 7.05 Å². The lowest BCUT2D eigenvalue weighted by Crippen LogP contribution is -2.26. The van der Waals surface area contributed by atoms with Crippen molar-refractivity contribution in [1.82, 2.24) is 14.5 Å². The smallest absolute Gasteiger partial charge is 0.243 e. The van der Waals surface area contributed by atoms with Crippen molar-refractivity contribution in [3.05, 3.63) is 42.0 Å². The largest absolute Gasteiger partial charge is 0.399 e. The number of nitrogens with one attached hydrogen (secondary N) is 1. The number of hydrogen-bond donors (Lipinski definition) is 2. The van der Waals surface area contributed by atoms with Crippen LogP contribution < -0.4 is 10.5 Å². The van der Waals surface area contributed by atoms with Gasteiger partial charge in [0.05, 0.1) is 6.20 Å². The average Bonchev–Trinajstić information content (AvgIpc) is 2.74. The minimum absolute atomic E-state index is 0.165. The van der Waals surface area contributed by atoms with Crippen LogP contribution >= 0.6 is 0 Å². The van der Waals surface area contributed by atoms with E-state index in [2.05, 4.69) is 9.82 Å². The second-order valence-electron chi connectivity index (χ2n) is 4.36. The maximum atomic E-state index is 13.6. The van der Waals surface area contributed by atoms with Gasteiger partial charge in [-0.3, -0.25) is 4.68 Å². The fourth-order valence-corrected chi connectivity index (χ4v) is 2.83. The standard InChI is InChI=1S/C12H15FN4O2S/c1-17-8-9(7-15-17)4-5-16-20(18,19)12-3-2-10(14)6-11(12)13/h2-3,6-8,16H,4-5,14H2,1H3. The number of rotatable bonds is 5. The van der Waals surface area contributed by atoms with Gasteiger partial charge in [-0.05, 0) is 30.2 Å². The summed E-state index contributed by atoms with van der Waals surface area (Å²) >= 11 is 0. The molecule has 20 heavy (non-hydrogen) atoms. The molecule has 0 bridgehead atoms. The van der Waals surface area contributed by atoms with Crippen LogP contribution in [0.2, 0.25) is 0 Å². The number of halogens is 1. The number of benzene rings is 1. The summed E-state index contributed by atoms with van der Waals surface area (Å²) in [5, 5.41) is 3.98. The minimum Gasteiger partial charge on any atom is -0.399 e. The van der Waals surface area contributed by atoms with Crippen molar-refractivity contribution in [2.75, 3.05) is 12.3 Å². The van der Waals surface area contributed by atoms with Gasteiger partial charge in [0.15, 0.2) is 0 Å². The fourth-order valence-electron chi connectivity index (χ4n) is 1.74. The maximum Gasteiger partial charge on any atom is 0.243 e. The van der Waals surface area contributed by atoms with Crippen molar-refractivity contribution in [3.8, 4) is 0 Å². The summed E-state index contributed by atoms with van der Waals surface area (Å²) in [6.45, 7) is 0.165. The summed E-state index contributed by atoms with van der Waals surface area (Å²) < 4.78 is 41.5. The molecule has 0 saturated heterocycles. The molecule has 1 aromatic carbocycles. The van der Waals surface area contributed by atoms with E-state index in [4.69, 9.17) is 5.73 Å². The van der Waals surface area contributed by atoms with Gasteiger partial charge in [0.2, 0.25) is 10.0 Å². The molecule has 0 unspecified atom stereocenters. The first-order valence-electron chi connectivity index (χ1n) is 5.91. The second kappa shape index (κ2) is 5.59. The van der Waals surface area contributed by atoms with Gasteiger partial charge in [0, 0.05) is 25.5 Å². The molecule has 108 valence electrons. The molecule has 6 nitrogen and oxygen atoms in total. The first kappa shape index (κ1) is 14.5. The van der Waals surface area contributed by atoms with Crippen molar-refractivity contribution >= 4 is 15.7 Å². The number of hydrogen-bond acceptors (Lipinski definition) is 4. The molecule has 1 heterocycles. The minimum atomic E-state index is -3.88. The van der Waals surface area contributed by atoms with Crippen molar-refractivity contribution in [3.63, 3.8) is 0 Å². The highest BCUT2D eigenvalue weighted by Gasteiger charge is 2.18. The molecule has 8 heteroatoms. The predicted molar refractivity (Wildman–Crippen MR) is 72.9 cm³/mol. The summed E-state index contributed by atoms with van der Waals surface area (Å²) in [5.74, 6) is -0.862. The van der Waals surface area contributed by atoms with E-state index in [9.17, 15) is 12.8 Å². The number of nitrogens with zero attached hydrogens (tertiary/aromatic N) is 2. The van der Waals surface area contributed by atoms with Crippen LogP contribution in [0.5, 0.6) is 0 Å². The van der Waals surface area contributed by atoms with E-state index < -0.39 is 20.7 Å². The van der Waals surface area contributed by atoms with Crippen LogP contribution in [0.15, 0.2) is 35.5 Å². The molecule has 0 aliphatic rings. The summed E-state index contributed by atoms with van der Waals surface area (Å²) in [7, 11) is -2.10. The SMILES string of the molecule is Cn1cc(CCNS(=O)(=O)c2ccc(N)cc2F)cn1. The van der Waals surface area contributed by atoms with Gasteiger partial charge >= 0.3 is 0 Å². The van der Waals surface area contributed by atoms with E-state index >= 15 is 0 Å². The lowest BCUT2D eigenvalue weighted by molar-refractivity contribution is 0.557. The Hall–Kier alpha value is -1.93. The van der Waals surface area contributed by atoms with E-state index in [0.717, 1.165) is 17.7 Å². The van der Waals surface area contributed by atoms with Crippen LogP contribution in [0.4, 0.5) is 10.1 Å². The van der Waals surface area contributed by atoms with Crippen molar-refractivity contribution in [2.45, 2.75) is 11.3 Å². The van der Waals surface area contributed by atoms with Gasteiger partial charge in [0.1, 0.15) is 10.7 Å². The van der Waals surface area contributed by atoms with Crippen molar-refractivity contribution in [1.29, 1.82) is 0 Å². The van der Waals surface area contributed by atoms with Crippen LogP contribution in [0, 0.1) is 5.82 Å². The van der Waals surface area contributed by atoms with E-state index in [-0.39, 0.29) is 12.2 Å². The molecule has 0 aliphatic heterocycles. The zero-order chi connectivity index (χ0) is 14.8. The Bertz CT molecular complexity index is 712. The van der Waals surface area contributed by atoms with Crippen LogP contribution in [0.3, 0.4) is 0 Å². The van der Waals surface area contributed by atoms with Gasteiger partial charge in [-0.1, -0.05) is 0 Å². The molecule has 0 amide bonds. The molecular weight excluding hydrogens is 283 g/mol. The fraction of sp³-hybridized carbons (Fsp3) is 0.250. The van der Waals surface area contributed by atoms with Gasteiger partial charge < -0.3 is 5.73 Å². The third-order valence-corrected chi connectivity index (χ3v) is 4.20. The highest BCUT2D eigenvalue weighted by molar-refractivity contribution is 7.89. The summed E-state index contributed by atoms with van der Waals surface area (Å²) in [4.78, 5) is -0.405. The Balaban J connectivity index is 2.04. The number of aryl methyl sites for hydroxylation is 1. The Morgan fingerprint density at radius 3 is 2.80 bits per heavy atom. The molecule has 0 saturated carbocycles. The number of nitrogens with two attached hydrogens (primary N) is 1.